The number of nitrogens with one attached hydrogen (secondary N) is 1. The van der Waals surface area contributed by atoms with Gasteiger partial charge in [0.1, 0.15) is 0 Å². The molecule has 16 heavy (non-hydrogen) atoms. The monoisotopic (exact) mass is 291 g/mol. The summed E-state index contributed by atoms with van der Waals surface area (Å²) in [5, 5.41) is 4.06. The van der Waals surface area contributed by atoms with E-state index >= 15 is 0 Å². The average Bonchev–Trinajstić information content (AvgIpc) is 2.12. The first-order chi connectivity index (χ1) is 7.27. The van der Waals surface area contributed by atoms with Gasteiger partial charge in [-0.05, 0) is 31.1 Å². The fourth-order valence-electron chi connectivity index (χ4n) is 1.37. The Morgan fingerprint density at radius 3 is 2.31 bits per heavy atom. The molecule has 0 aliphatic carbocycles. The zero-order valence-corrected chi connectivity index (χ0v) is 12.9. The Kier molecular flexibility index (Phi) is 7.29. The Balaban J connectivity index is 3.90. The quantitative estimate of drug-likeness (QED) is 0.742. The molecule has 1 N–H and O–H groups in total. The fourth-order valence-corrected chi connectivity index (χ4v) is 1.70. The van der Waals surface area contributed by atoms with E-state index in [1.807, 2.05) is 0 Å². The van der Waals surface area contributed by atoms with Crippen LogP contribution in [-0.2, 0) is 4.79 Å². The second kappa shape index (κ2) is 7.31. The number of hydrogen-bond acceptors (Lipinski definition) is 1. The summed E-state index contributed by atoms with van der Waals surface area (Å²) in [4.78, 5) is 11.8. The van der Waals surface area contributed by atoms with E-state index in [1.54, 1.807) is 0 Å². The van der Waals surface area contributed by atoms with E-state index in [4.69, 9.17) is 0 Å². The predicted molar refractivity (Wildman–Crippen MR) is 73.9 cm³/mol. The van der Waals surface area contributed by atoms with Crippen molar-refractivity contribution in [1.29, 1.82) is 0 Å². The molecule has 0 heterocycles. The van der Waals surface area contributed by atoms with Crippen LogP contribution in [0.5, 0.6) is 0 Å². The van der Waals surface area contributed by atoms with Crippen molar-refractivity contribution in [2.24, 2.45) is 11.3 Å². The first-order valence-electron chi connectivity index (χ1n) is 6.12. The first kappa shape index (κ1) is 16.0. The summed E-state index contributed by atoms with van der Waals surface area (Å²) in [7, 11) is 0. The summed E-state index contributed by atoms with van der Waals surface area (Å²) in [5.41, 5.74) is 0.205. The number of rotatable bonds is 6. The van der Waals surface area contributed by atoms with Gasteiger partial charge in [0.15, 0.2) is 0 Å². The second-order valence-corrected chi connectivity index (χ2v) is 6.56. The maximum Gasteiger partial charge on any atom is 0.220 e. The molecule has 0 saturated heterocycles. The third-order valence-electron chi connectivity index (χ3n) is 3.15. The molecule has 0 aliphatic heterocycles. The molecule has 0 aromatic rings. The molecule has 96 valence electrons. The van der Waals surface area contributed by atoms with Gasteiger partial charge in [-0.1, -0.05) is 43.6 Å². The van der Waals surface area contributed by atoms with Gasteiger partial charge in [-0.15, -0.1) is 0 Å². The minimum Gasteiger partial charge on any atom is -0.354 e. The molecule has 2 unspecified atom stereocenters. The molecular formula is C13H26BrNO. The minimum absolute atomic E-state index is 0.185. The Labute approximate surface area is 109 Å². The standard InChI is InChI=1S/C13H26BrNO/c1-10(13(3,4)5)9-12(16)15-11(2)7-6-8-14/h10-11H,6-9H2,1-5H3,(H,15,16). The van der Waals surface area contributed by atoms with Crippen LogP contribution in [0.15, 0.2) is 0 Å². The number of carbonyl (C=O) groups excluding carboxylic acids is 1. The van der Waals surface area contributed by atoms with Crippen molar-refractivity contribution >= 4 is 21.8 Å². The van der Waals surface area contributed by atoms with Crippen LogP contribution in [-0.4, -0.2) is 17.3 Å². The normalized spacial score (nSPS) is 15.6. The van der Waals surface area contributed by atoms with E-state index in [2.05, 4.69) is 55.9 Å². The van der Waals surface area contributed by atoms with Gasteiger partial charge in [-0.3, -0.25) is 4.79 Å². The van der Waals surface area contributed by atoms with Crippen molar-refractivity contribution in [2.75, 3.05) is 5.33 Å². The molecule has 0 bridgehead atoms. The van der Waals surface area contributed by atoms with E-state index in [0.717, 1.165) is 18.2 Å². The lowest BCUT2D eigenvalue weighted by Crippen LogP contribution is -2.35. The van der Waals surface area contributed by atoms with Crippen LogP contribution in [0.25, 0.3) is 0 Å². The van der Waals surface area contributed by atoms with Crippen LogP contribution in [0.2, 0.25) is 0 Å². The molecule has 3 heteroatoms. The van der Waals surface area contributed by atoms with E-state index in [1.165, 1.54) is 0 Å². The molecular weight excluding hydrogens is 266 g/mol. The lowest BCUT2D eigenvalue weighted by molar-refractivity contribution is -0.123. The molecule has 2 atom stereocenters. The third-order valence-corrected chi connectivity index (χ3v) is 3.71. The summed E-state index contributed by atoms with van der Waals surface area (Å²) in [6.07, 6.45) is 2.78. The number of halogens is 1. The highest BCUT2D eigenvalue weighted by molar-refractivity contribution is 9.09. The van der Waals surface area contributed by atoms with Gasteiger partial charge < -0.3 is 5.32 Å². The van der Waals surface area contributed by atoms with E-state index < -0.39 is 0 Å². The summed E-state index contributed by atoms with van der Waals surface area (Å²) in [6, 6.07) is 0.289. The zero-order valence-electron chi connectivity index (χ0n) is 11.3. The topological polar surface area (TPSA) is 29.1 Å². The van der Waals surface area contributed by atoms with Gasteiger partial charge in [-0.2, -0.15) is 0 Å². The Morgan fingerprint density at radius 2 is 1.88 bits per heavy atom. The van der Waals surface area contributed by atoms with Crippen molar-refractivity contribution in [2.45, 2.75) is 59.9 Å². The van der Waals surface area contributed by atoms with Gasteiger partial charge in [0.25, 0.3) is 0 Å². The molecule has 0 radical (unpaired) electrons. The lowest BCUT2D eigenvalue weighted by atomic mass is 9.80. The highest BCUT2D eigenvalue weighted by Gasteiger charge is 2.22. The largest absolute Gasteiger partial charge is 0.354 e. The molecule has 0 aromatic carbocycles. The predicted octanol–water partition coefficient (Wildman–Crippen LogP) is 3.74. The summed E-state index contributed by atoms with van der Waals surface area (Å²) < 4.78 is 0. The van der Waals surface area contributed by atoms with Gasteiger partial charge in [0.05, 0.1) is 0 Å². The highest BCUT2D eigenvalue weighted by atomic mass is 79.9. The molecule has 0 saturated carbocycles. The molecule has 0 aliphatic rings. The summed E-state index contributed by atoms with van der Waals surface area (Å²) >= 11 is 3.40. The van der Waals surface area contributed by atoms with Crippen LogP contribution in [0.1, 0.15) is 53.9 Å². The van der Waals surface area contributed by atoms with Crippen molar-refractivity contribution in [3.05, 3.63) is 0 Å². The highest BCUT2D eigenvalue weighted by Crippen LogP contribution is 2.27. The molecule has 2 nitrogen and oxygen atoms in total. The second-order valence-electron chi connectivity index (χ2n) is 5.77. The first-order valence-corrected chi connectivity index (χ1v) is 7.24. The zero-order chi connectivity index (χ0) is 12.8. The van der Waals surface area contributed by atoms with E-state index in [9.17, 15) is 4.79 Å². The Morgan fingerprint density at radius 1 is 1.31 bits per heavy atom. The molecule has 1 amide bonds. The minimum atomic E-state index is 0.185. The number of hydrogen-bond donors (Lipinski definition) is 1. The van der Waals surface area contributed by atoms with Crippen LogP contribution in [0.4, 0.5) is 0 Å². The number of amides is 1. The average molecular weight is 292 g/mol. The fraction of sp³-hybridized carbons (Fsp3) is 0.923. The van der Waals surface area contributed by atoms with Crippen molar-refractivity contribution in [3.63, 3.8) is 0 Å². The summed E-state index contributed by atoms with van der Waals surface area (Å²) in [5.74, 6) is 0.598. The SMILES string of the molecule is CC(CCCBr)NC(=O)CC(C)C(C)(C)C. The maximum atomic E-state index is 11.8. The molecule has 0 rings (SSSR count). The van der Waals surface area contributed by atoms with Gasteiger partial charge in [-0.25, -0.2) is 0 Å². The van der Waals surface area contributed by atoms with Crippen molar-refractivity contribution < 1.29 is 4.79 Å². The van der Waals surface area contributed by atoms with Crippen LogP contribution in [0, 0.1) is 11.3 Å². The smallest absolute Gasteiger partial charge is 0.220 e. The van der Waals surface area contributed by atoms with Gasteiger partial charge in [0, 0.05) is 17.8 Å². The maximum absolute atomic E-state index is 11.8. The van der Waals surface area contributed by atoms with Crippen molar-refractivity contribution in [1.82, 2.24) is 5.32 Å². The Bertz CT molecular complexity index is 210. The van der Waals surface area contributed by atoms with Gasteiger partial charge >= 0.3 is 0 Å². The third kappa shape index (κ3) is 7.26. The number of alkyl halides is 1. The lowest BCUT2D eigenvalue weighted by Gasteiger charge is -2.27. The van der Waals surface area contributed by atoms with Crippen molar-refractivity contribution in [3.8, 4) is 0 Å². The molecule has 0 fully saturated rings. The summed E-state index contributed by atoms with van der Waals surface area (Å²) in [6.45, 7) is 10.8. The van der Waals surface area contributed by atoms with Crippen LogP contribution in [0.3, 0.4) is 0 Å². The molecule has 0 aromatic heterocycles. The van der Waals surface area contributed by atoms with Crippen LogP contribution >= 0.6 is 15.9 Å². The van der Waals surface area contributed by atoms with Crippen LogP contribution < -0.4 is 5.32 Å². The number of carbonyl (C=O) groups is 1. The van der Waals surface area contributed by atoms with E-state index in [-0.39, 0.29) is 17.4 Å². The van der Waals surface area contributed by atoms with Gasteiger partial charge in [0.2, 0.25) is 5.91 Å². The Hall–Kier alpha value is -0.0500. The van der Waals surface area contributed by atoms with E-state index in [0.29, 0.717) is 12.3 Å². The molecule has 0 spiro atoms.